The molecule has 2 aromatic carbocycles. The minimum Gasteiger partial charge on any atom is -0.422 e. The molecule has 4 rings (SSSR count). The van der Waals surface area contributed by atoms with Gasteiger partial charge in [-0.1, -0.05) is 12.1 Å². The molecule has 0 spiro atoms. The molecule has 0 atom stereocenters. The number of aromatic nitrogens is 1. The predicted octanol–water partition coefficient (Wildman–Crippen LogP) is 3.09. The Morgan fingerprint density at radius 2 is 1.79 bits per heavy atom. The molecule has 1 aliphatic heterocycles. The van der Waals surface area contributed by atoms with Crippen LogP contribution >= 0.6 is 0 Å². The second kappa shape index (κ2) is 6.78. The summed E-state index contributed by atoms with van der Waals surface area (Å²) in [7, 11) is -4.23. The normalized spacial score (nSPS) is 15.9. The van der Waals surface area contributed by atoms with Crippen LogP contribution in [0, 0.1) is 0 Å². The molecule has 1 N–H and O–H groups in total. The van der Waals surface area contributed by atoms with Gasteiger partial charge >= 0.3 is 6.18 Å². The van der Waals surface area contributed by atoms with Crippen LogP contribution in [0.15, 0.2) is 56.7 Å². The van der Waals surface area contributed by atoms with Crippen LogP contribution in [0.1, 0.15) is 5.56 Å². The van der Waals surface area contributed by atoms with E-state index < -0.39 is 26.5 Å². The first-order valence-electron chi connectivity index (χ1n) is 8.54. The number of halogens is 3. The van der Waals surface area contributed by atoms with Gasteiger partial charge in [0.1, 0.15) is 10.4 Å². The highest BCUT2D eigenvalue weighted by Gasteiger charge is 2.33. The summed E-state index contributed by atoms with van der Waals surface area (Å²) in [6.07, 6.45) is -4.64. The van der Waals surface area contributed by atoms with Crippen molar-refractivity contribution in [2.45, 2.75) is 16.0 Å². The summed E-state index contributed by atoms with van der Waals surface area (Å²) in [5, 5.41) is 3.19. The maximum Gasteiger partial charge on any atom is 0.416 e. The topological polar surface area (TPSA) is 75.4 Å². The number of sulfone groups is 1. The predicted molar refractivity (Wildman–Crippen MR) is 96.0 cm³/mol. The van der Waals surface area contributed by atoms with E-state index in [0.717, 1.165) is 31.3 Å². The number of rotatable bonds is 3. The van der Waals surface area contributed by atoms with Crippen molar-refractivity contribution in [3.05, 3.63) is 48.0 Å². The van der Waals surface area contributed by atoms with Crippen LogP contribution in [-0.2, 0) is 16.0 Å². The summed E-state index contributed by atoms with van der Waals surface area (Å²) in [5.74, 6) is 0. The quantitative estimate of drug-likeness (QED) is 0.714. The lowest BCUT2D eigenvalue weighted by molar-refractivity contribution is -0.137. The number of para-hydroxylation sites is 1. The summed E-state index contributed by atoms with van der Waals surface area (Å²) in [4.78, 5) is 5.58. The first kappa shape index (κ1) is 18.8. The van der Waals surface area contributed by atoms with Crippen molar-refractivity contribution in [2.75, 3.05) is 31.1 Å². The molecule has 10 heteroatoms. The van der Waals surface area contributed by atoms with Crippen molar-refractivity contribution < 1.29 is 26.0 Å². The van der Waals surface area contributed by atoms with Crippen LogP contribution in [0.2, 0.25) is 0 Å². The average Bonchev–Trinajstić information content (AvgIpc) is 3.12. The maximum absolute atomic E-state index is 13.0. The van der Waals surface area contributed by atoms with Gasteiger partial charge in [0.25, 0.3) is 6.01 Å². The molecule has 0 bridgehead atoms. The Bertz CT molecular complexity index is 1120. The van der Waals surface area contributed by atoms with Gasteiger partial charge < -0.3 is 14.6 Å². The molecule has 28 heavy (non-hydrogen) atoms. The number of benzene rings is 2. The van der Waals surface area contributed by atoms with Gasteiger partial charge in [0.2, 0.25) is 9.84 Å². The number of anilines is 1. The van der Waals surface area contributed by atoms with Crippen LogP contribution in [0.5, 0.6) is 0 Å². The van der Waals surface area contributed by atoms with Crippen LogP contribution in [0.25, 0.3) is 11.1 Å². The average molecular weight is 411 g/mol. The molecule has 1 aromatic heterocycles. The van der Waals surface area contributed by atoms with Crippen molar-refractivity contribution in [3.8, 4) is 0 Å². The highest BCUT2D eigenvalue weighted by molar-refractivity contribution is 7.91. The Kier molecular flexibility index (Phi) is 4.54. The van der Waals surface area contributed by atoms with Gasteiger partial charge in [-0.15, -0.1) is 0 Å². The van der Waals surface area contributed by atoms with Gasteiger partial charge in [-0.2, -0.15) is 18.2 Å². The van der Waals surface area contributed by atoms with Gasteiger partial charge in [0, 0.05) is 26.2 Å². The molecule has 148 valence electrons. The lowest BCUT2D eigenvalue weighted by atomic mass is 10.2. The second-order valence-corrected chi connectivity index (χ2v) is 8.29. The largest absolute Gasteiger partial charge is 0.422 e. The number of alkyl halides is 3. The highest BCUT2D eigenvalue weighted by Crippen LogP contribution is 2.34. The third-order valence-corrected chi connectivity index (χ3v) is 6.29. The number of fused-ring (bicyclic) bond motifs is 1. The minimum absolute atomic E-state index is 0.0356. The Balaban J connectivity index is 1.81. The Morgan fingerprint density at radius 1 is 1.07 bits per heavy atom. The van der Waals surface area contributed by atoms with Crippen LogP contribution < -0.4 is 10.2 Å². The molecular weight excluding hydrogens is 395 g/mol. The Hall–Kier alpha value is -2.59. The minimum atomic E-state index is -4.64. The molecular formula is C18H16F3N3O3S. The Morgan fingerprint density at radius 3 is 2.50 bits per heavy atom. The van der Waals surface area contributed by atoms with E-state index in [0.29, 0.717) is 30.7 Å². The van der Waals surface area contributed by atoms with Crippen molar-refractivity contribution >= 4 is 27.0 Å². The molecule has 0 unspecified atom stereocenters. The van der Waals surface area contributed by atoms with E-state index in [2.05, 4.69) is 10.3 Å². The Labute approximate surface area is 158 Å². The highest BCUT2D eigenvalue weighted by atomic mass is 32.2. The summed E-state index contributed by atoms with van der Waals surface area (Å²) in [5.41, 5.74) is -0.658. The number of piperazine rings is 1. The molecule has 2 heterocycles. The monoisotopic (exact) mass is 411 g/mol. The first-order chi connectivity index (χ1) is 13.3. The summed E-state index contributed by atoms with van der Waals surface area (Å²) < 4.78 is 70.8. The molecule has 1 aliphatic rings. The lowest BCUT2D eigenvalue weighted by Crippen LogP contribution is -2.43. The van der Waals surface area contributed by atoms with Crippen LogP contribution in [-0.4, -0.2) is 39.6 Å². The third-order valence-electron chi connectivity index (χ3n) is 4.52. The van der Waals surface area contributed by atoms with Crippen molar-refractivity contribution in [1.29, 1.82) is 0 Å². The van der Waals surface area contributed by atoms with Crippen LogP contribution in [0.4, 0.5) is 19.2 Å². The van der Waals surface area contributed by atoms with E-state index in [4.69, 9.17) is 4.42 Å². The number of nitrogens with zero attached hydrogens (tertiary/aromatic N) is 2. The van der Waals surface area contributed by atoms with E-state index in [-0.39, 0.29) is 10.5 Å². The zero-order valence-corrected chi connectivity index (χ0v) is 15.3. The summed E-state index contributed by atoms with van der Waals surface area (Å²) in [6.45, 7) is 2.80. The SMILES string of the molecule is O=S(=O)(c1cccc(C(F)(F)F)c1)c1cccc2nc(N3CCNCC3)oc12. The van der Waals surface area contributed by atoms with Gasteiger partial charge in [-0.25, -0.2) is 8.42 Å². The zero-order chi connectivity index (χ0) is 19.9. The van der Waals surface area contributed by atoms with E-state index in [1.54, 1.807) is 6.07 Å². The van der Waals surface area contributed by atoms with E-state index >= 15 is 0 Å². The fourth-order valence-electron chi connectivity index (χ4n) is 3.08. The van der Waals surface area contributed by atoms with Gasteiger partial charge in [0.15, 0.2) is 5.58 Å². The second-order valence-electron chi connectivity index (χ2n) is 6.37. The van der Waals surface area contributed by atoms with Crippen molar-refractivity contribution in [3.63, 3.8) is 0 Å². The number of hydrogen-bond acceptors (Lipinski definition) is 6. The summed E-state index contributed by atoms with van der Waals surface area (Å²) >= 11 is 0. The first-order valence-corrected chi connectivity index (χ1v) is 10.0. The standard InChI is InChI=1S/C18H16F3N3O3S/c19-18(20,21)12-3-1-4-13(11-12)28(25,26)15-6-2-5-14-16(15)27-17(23-14)24-9-7-22-8-10-24/h1-6,11,22H,7-10H2. The van der Waals surface area contributed by atoms with Gasteiger partial charge in [-0.3, -0.25) is 0 Å². The molecule has 0 amide bonds. The fourth-order valence-corrected chi connectivity index (χ4v) is 4.52. The molecule has 0 radical (unpaired) electrons. The van der Waals surface area contributed by atoms with E-state index in [1.807, 2.05) is 4.90 Å². The van der Waals surface area contributed by atoms with Crippen molar-refractivity contribution in [1.82, 2.24) is 10.3 Å². The van der Waals surface area contributed by atoms with Gasteiger partial charge in [0.05, 0.1) is 10.5 Å². The molecule has 1 fully saturated rings. The molecule has 1 saturated heterocycles. The van der Waals surface area contributed by atoms with Gasteiger partial charge in [-0.05, 0) is 30.3 Å². The summed E-state index contributed by atoms with van der Waals surface area (Å²) in [6, 6.07) is 8.37. The molecule has 0 saturated carbocycles. The molecule has 6 nitrogen and oxygen atoms in total. The smallest absolute Gasteiger partial charge is 0.416 e. The number of hydrogen-bond donors (Lipinski definition) is 1. The maximum atomic E-state index is 13.0. The number of oxazole rings is 1. The van der Waals surface area contributed by atoms with E-state index in [1.165, 1.54) is 12.1 Å². The molecule has 3 aromatic rings. The van der Waals surface area contributed by atoms with E-state index in [9.17, 15) is 21.6 Å². The fraction of sp³-hybridized carbons (Fsp3) is 0.278. The molecule has 0 aliphatic carbocycles. The van der Waals surface area contributed by atoms with Crippen molar-refractivity contribution in [2.24, 2.45) is 0 Å². The number of nitrogens with one attached hydrogen (secondary N) is 1. The zero-order valence-electron chi connectivity index (χ0n) is 14.5. The third kappa shape index (κ3) is 3.33. The van der Waals surface area contributed by atoms with Crippen LogP contribution in [0.3, 0.4) is 0 Å². The lowest BCUT2D eigenvalue weighted by Gasteiger charge is -2.25.